The van der Waals surface area contributed by atoms with Crippen molar-refractivity contribution in [3.63, 3.8) is 0 Å². The maximum atomic E-state index is 11.7. The molecular formula is C13H21N3O2. The van der Waals surface area contributed by atoms with Gasteiger partial charge in [-0.25, -0.2) is 4.79 Å². The number of hydrogen-bond donors (Lipinski definition) is 3. The monoisotopic (exact) mass is 251 g/mol. The van der Waals surface area contributed by atoms with Gasteiger partial charge in [-0.1, -0.05) is 12.1 Å². The van der Waals surface area contributed by atoms with Crippen molar-refractivity contribution >= 4 is 11.7 Å². The summed E-state index contributed by atoms with van der Waals surface area (Å²) in [5, 5.41) is 5.63. The molecule has 0 atom stereocenters. The lowest BCUT2D eigenvalue weighted by Gasteiger charge is -2.27. The first-order valence-electron chi connectivity index (χ1n) is 5.86. The maximum Gasteiger partial charge on any atom is 0.315 e. The van der Waals surface area contributed by atoms with Crippen LogP contribution in [0.15, 0.2) is 24.3 Å². The van der Waals surface area contributed by atoms with Gasteiger partial charge in [-0.2, -0.15) is 0 Å². The number of rotatable bonds is 5. The fourth-order valence-electron chi connectivity index (χ4n) is 1.57. The lowest BCUT2D eigenvalue weighted by Crippen LogP contribution is -2.47. The second kappa shape index (κ2) is 6.26. The van der Waals surface area contributed by atoms with Crippen LogP contribution < -0.4 is 16.4 Å². The van der Waals surface area contributed by atoms with Crippen LogP contribution in [0.2, 0.25) is 0 Å². The Bertz CT molecular complexity index is 388. The topological polar surface area (TPSA) is 76.4 Å². The number of nitrogen functional groups attached to an aromatic ring is 1. The van der Waals surface area contributed by atoms with Gasteiger partial charge >= 0.3 is 6.03 Å². The first-order chi connectivity index (χ1) is 8.45. The highest BCUT2D eigenvalue weighted by atomic mass is 16.5. The summed E-state index contributed by atoms with van der Waals surface area (Å²) in [6.45, 7) is 4.86. The van der Waals surface area contributed by atoms with Crippen LogP contribution in [0.1, 0.15) is 19.4 Å². The largest absolute Gasteiger partial charge is 0.399 e. The first kappa shape index (κ1) is 14.3. The van der Waals surface area contributed by atoms with E-state index in [1.165, 1.54) is 0 Å². The Hall–Kier alpha value is -1.75. The molecule has 4 N–H and O–H groups in total. The molecule has 0 aromatic heterocycles. The summed E-state index contributed by atoms with van der Waals surface area (Å²) in [6, 6.07) is 7.24. The van der Waals surface area contributed by atoms with Gasteiger partial charge in [0.05, 0.1) is 12.1 Å². The molecule has 0 unspecified atom stereocenters. The second-order valence-corrected chi connectivity index (χ2v) is 4.62. The Morgan fingerprint density at radius 2 is 1.94 bits per heavy atom. The molecule has 0 aliphatic heterocycles. The lowest BCUT2D eigenvalue weighted by molar-refractivity contribution is 0.193. The third-order valence-electron chi connectivity index (χ3n) is 2.65. The number of ether oxygens (including phenoxy) is 1. The van der Waals surface area contributed by atoms with E-state index in [0.29, 0.717) is 18.8 Å². The van der Waals surface area contributed by atoms with Crippen LogP contribution in [-0.4, -0.2) is 26.3 Å². The van der Waals surface area contributed by atoms with E-state index in [1.807, 2.05) is 38.1 Å². The van der Waals surface area contributed by atoms with Crippen molar-refractivity contribution in [2.75, 3.05) is 26.0 Å². The fraction of sp³-hybridized carbons (Fsp3) is 0.462. The van der Waals surface area contributed by atoms with E-state index in [4.69, 9.17) is 10.5 Å². The van der Waals surface area contributed by atoms with E-state index in [-0.39, 0.29) is 6.03 Å². The molecule has 0 saturated heterocycles. The third-order valence-corrected chi connectivity index (χ3v) is 2.65. The molecule has 0 aliphatic rings. The van der Waals surface area contributed by atoms with Crippen molar-refractivity contribution < 1.29 is 9.53 Å². The highest BCUT2D eigenvalue weighted by molar-refractivity contribution is 5.75. The minimum atomic E-state index is -0.454. The number of carbonyl (C=O) groups excluding carboxylic acids is 1. The van der Waals surface area contributed by atoms with Crippen LogP contribution in [0.5, 0.6) is 0 Å². The number of amides is 2. The number of carbonyl (C=O) groups is 1. The minimum absolute atomic E-state index is 0.214. The summed E-state index contributed by atoms with van der Waals surface area (Å²) in [7, 11) is 1.60. The van der Waals surface area contributed by atoms with Gasteiger partial charge in [-0.3, -0.25) is 0 Å². The van der Waals surface area contributed by atoms with Gasteiger partial charge in [-0.15, -0.1) is 0 Å². The van der Waals surface area contributed by atoms with Gasteiger partial charge < -0.3 is 21.1 Å². The minimum Gasteiger partial charge on any atom is -0.399 e. The summed E-state index contributed by atoms with van der Waals surface area (Å²) in [6.07, 6.45) is 0. The molecule has 0 radical (unpaired) electrons. The summed E-state index contributed by atoms with van der Waals surface area (Å²) >= 11 is 0. The Labute approximate surface area is 108 Å². The quantitative estimate of drug-likeness (QED) is 0.547. The molecule has 1 aromatic rings. The number of methoxy groups -OCH3 is 1. The van der Waals surface area contributed by atoms with E-state index >= 15 is 0 Å². The average Bonchev–Trinajstić information content (AvgIpc) is 2.29. The van der Waals surface area contributed by atoms with Crippen molar-refractivity contribution in [2.24, 2.45) is 0 Å². The summed E-state index contributed by atoms with van der Waals surface area (Å²) in [5.74, 6) is 0. The third kappa shape index (κ3) is 4.25. The standard InChI is InChI=1S/C13H21N3O2/c1-13(2,10-4-6-11(14)7-5-10)16-12(17)15-8-9-18-3/h4-7H,8-9,14H2,1-3H3,(H2,15,16,17). The van der Waals surface area contributed by atoms with E-state index in [1.54, 1.807) is 7.11 Å². The molecule has 0 bridgehead atoms. The van der Waals surface area contributed by atoms with Crippen LogP contribution in [-0.2, 0) is 10.3 Å². The van der Waals surface area contributed by atoms with Gasteiger partial charge in [0.1, 0.15) is 0 Å². The van der Waals surface area contributed by atoms with Gasteiger partial charge in [-0.05, 0) is 31.5 Å². The van der Waals surface area contributed by atoms with E-state index in [9.17, 15) is 4.79 Å². The van der Waals surface area contributed by atoms with Crippen LogP contribution in [0.3, 0.4) is 0 Å². The average molecular weight is 251 g/mol. The molecule has 0 aliphatic carbocycles. The summed E-state index contributed by atoms with van der Waals surface area (Å²) in [4.78, 5) is 11.7. The van der Waals surface area contributed by atoms with Gasteiger partial charge in [0.15, 0.2) is 0 Å². The molecular weight excluding hydrogens is 230 g/mol. The SMILES string of the molecule is COCCNC(=O)NC(C)(C)c1ccc(N)cc1. The normalized spacial score (nSPS) is 11.1. The molecule has 18 heavy (non-hydrogen) atoms. The Kier molecular flexibility index (Phi) is 4.97. The van der Waals surface area contributed by atoms with Crippen molar-refractivity contribution in [1.82, 2.24) is 10.6 Å². The zero-order chi connectivity index (χ0) is 13.6. The number of urea groups is 1. The number of nitrogens with two attached hydrogens (primary N) is 1. The molecule has 0 fully saturated rings. The Morgan fingerprint density at radius 3 is 2.50 bits per heavy atom. The van der Waals surface area contributed by atoms with Crippen molar-refractivity contribution in [3.05, 3.63) is 29.8 Å². The van der Waals surface area contributed by atoms with Crippen LogP contribution >= 0.6 is 0 Å². The fourth-order valence-corrected chi connectivity index (χ4v) is 1.57. The van der Waals surface area contributed by atoms with Crippen LogP contribution in [0.25, 0.3) is 0 Å². The molecule has 100 valence electrons. The van der Waals surface area contributed by atoms with E-state index in [2.05, 4.69) is 10.6 Å². The predicted octanol–water partition coefficient (Wildman–Crippen LogP) is 1.45. The second-order valence-electron chi connectivity index (χ2n) is 4.62. The molecule has 2 amide bonds. The summed E-state index contributed by atoms with van der Waals surface area (Å²) < 4.78 is 4.86. The van der Waals surface area contributed by atoms with Crippen LogP contribution in [0, 0.1) is 0 Å². The van der Waals surface area contributed by atoms with Crippen molar-refractivity contribution in [3.8, 4) is 0 Å². The predicted molar refractivity (Wildman–Crippen MR) is 72.3 cm³/mol. The maximum absolute atomic E-state index is 11.7. The zero-order valence-corrected chi connectivity index (χ0v) is 11.1. The summed E-state index contributed by atoms with van der Waals surface area (Å²) in [5.41, 5.74) is 6.89. The van der Waals surface area contributed by atoms with Gasteiger partial charge in [0, 0.05) is 19.3 Å². The molecule has 0 heterocycles. The Balaban J connectivity index is 2.58. The molecule has 5 heteroatoms. The molecule has 0 spiro atoms. The number of hydrogen-bond acceptors (Lipinski definition) is 3. The Morgan fingerprint density at radius 1 is 1.33 bits per heavy atom. The van der Waals surface area contributed by atoms with Crippen molar-refractivity contribution in [2.45, 2.75) is 19.4 Å². The van der Waals surface area contributed by atoms with E-state index in [0.717, 1.165) is 5.56 Å². The number of benzene rings is 1. The molecule has 1 rings (SSSR count). The van der Waals surface area contributed by atoms with Crippen molar-refractivity contribution in [1.29, 1.82) is 0 Å². The van der Waals surface area contributed by atoms with Gasteiger partial charge in [0.25, 0.3) is 0 Å². The number of nitrogens with one attached hydrogen (secondary N) is 2. The lowest BCUT2D eigenvalue weighted by atomic mass is 9.94. The van der Waals surface area contributed by atoms with Gasteiger partial charge in [0.2, 0.25) is 0 Å². The van der Waals surface area contributed by atoms with E-state index < -0.39 is 5.54 Å². The number of anilines is 1. The first-order valence-corrected chi connectivity index (χ1v) is 5.86. The van der Waals surface area contributed by atoms with Crippen LogP contribution in [0.4, 0.5) is 10.5 Å². The highest BCUT2D eigenvalue weighted by Gasteiger charge is 2.22. The smallest absolute Gasteiger partial charge is 0.315 e. The zero-order valence-electron chi connectivity index (χ0n) is 11.1. The highest BCUT2D eigenvalue weighted by Crippen LogP contribution is 2.20. The molecule has 5 nitrogen and oxygen atoms in total. The molecule has 1 aromatic carbocycles. The molecule has 0 saturated carbocycles.